The highest BCUT2D eigenvalue weighted by molar-refractivity contribution is 5.78. The third kappa shape index (κ3) is 3.68. The van der Waals surface area contributed by atoms with E-state index in [2.05, 4.69) is 25.9 Å². The number of nitrogens with zero attached hydrogens (tertiary/aromatic N) is 2. The van der Waals surface area contributed by atoms with Gasteiger partial charge in [0.05, 0.1) is 0 Å². The van der Waals surface area contributed by atoms with E-state index in [4.69, 9.17) is 5.73 Å². The number of hydrogen-bond acceptors (Lipinski definition) is 3. The zero-order valence-electron chi connectivity index (χ0n) is 11.6. The summed E-state index contributed by atoms with van der Waals surface area (Å²) in [4.78, 5) is 16.5. The van der Waals surface area contributed by atoms with E-state index in [0.717, 1.165) is 25.9 Å². The van der Waals surface area contributed by atoms with E-state index in [1.54, 1.807) is 0 Å². The summed E-state index contributed by atoms with van der Waals surface area (Å²) in [5.74, 6) is 0.983. The third-order valence-corrected chi connectivity index (χ3v) is 3.81. The number of amides is 1. The van der Waals surface area contributed by atoms with Crippen molar-refractivity contribution in [2.24, 2.45) is 17.6 Å². The maximum Gasteiger partial charge on any atom is 0.225 e. The van der Waals surface area contributed by atoms with E-state index in [1.807, 2.05) is 11.8 Å². The normalized spacial score (nSPS) is 26.6. The number of rotatable bonds is 5. The van der Waals surface area contributed by atoms with Crippen LogP contribution in [-0.2, 0) is 4.79 Å². The Morgan fingerprint density at radius 2 is 2.12 bits per heavy atom. The van der Waals surface area contributed by atoms with Gasteiger partial charge in [0.2, 0.25) is 5.91 Å². The van der Waals surface area contributed by atoms with Crippen molar-refractivity contribution >= 4 is 5.91 Å². The minimum Gasteiger partial charge on any atom is -0.341 e. The zero-order valence-corrected chi connectivity index (χ0v) is 11.6. The Labute approximate surface area is 105 Å². The predicted molar refractivity (Wildman–Crippen MR) is 70.7 cm³/mol. The molecule has 1 aliphatic heterocycles. The van der Waals surface area contributed by atoms with Crippen molar-refractivity contribution in [3.8, 4) is 0 Å². The fraction of sp³-hybridized carbons (Fsp3) is 0.923. The average molecular weight is 241 g/mol. The lowest BCUT2D eigenvalue weighted by atomic mass is 10.0. The SMILES string of the molecule is CC(CCCN)C(=O)N1CC(C)C(N(C)C)C1. The molecule has 1 rings (SSSR count). The van der Waals surface area contributed by atoms with Crippen LogP contribution in [0.2, 0.25) is 0 Å². The largest absolute Gasteiger partial charge is 0.341 e. The molecule has 0 aliphatic carbocycles. The smallest absolute Gasteiger partial charge is 0.225 e. The average Bonchev–Trinajstić information content (AvgIpc) is 2.67. The van der Waals surface area contributed by atoms with Crippen LogP contribution in [0.15, 0.2) is 0 Å². The molecule has 0 spiro atoms. The Morgan fingerprint density at radius 1 is 1.47 bits per heavy atom. The first-order chi connectivity index (χ1) is 7.97. The van der Waals surface area contributed by atoms with E-state index in [0.29, 0.717) is 24.4 Å². The van der Waals surface area contributed by atoms with Gasteiger partial charge in [0.1, 0.15) is 0 Å². The molecule has 4 heteroatoms. The lowest BCUT2D eigenvalue weighted by Gasteiger charge is -2.23. The Hall–Kier alpha value is -0.610. The number of carbonyl (C=O) groups excluding carboxylic acids is 1. The van der Waals surface area contributed by atoms with Crippen LogP contribution in [0.3, 0.4) is 0 Å². The van der Waals surface area contributed by atoms with Crippen molar-refractivity contribution in [1.29, 1.82) is 0 Å². The zero-order chi connectivity index (χ0) is 13.0. The minimum atomic E-state index is 0.117. The van der Waals surface area contributed by atoms with Gasteiger partial charge in [-0.05, 0) is 39.4 Å². The molecule has 0 aromatic carbocycles. The summed E-state index contributed by atoms with van der Waals surface area (Å²) in [6, 6.07) is 0.501. The van der Waals surface area contributed by atoms with Crippen LogP contribution >= 0.6 is 0 Å². The van der Waals surface area contributed by atoms with Gasteiger partial charge in [-0.25, -0.2) is 0 Å². The fourth-order valence-corrected chi connectivity index (χ4v) is 2.66. The first-order valence-electron chi connectivity index (χ1n) is 6.62. The maximum atomic E-state index is 12.2. The van der Waals surface area contributed by atoms with Crippen molar-refractivity contribution in [2.45, 2.75) is 32.7 Å². The molecule has 3 unspecified atom stereocenters. The van der Waals surface area contributed by atoms with Gasteiger partial charge in [-0.3, -0.25) is 4.79 Å². The van der Waals surface area contributed by atoms with Gasteiger partial charge in [0.15, 0.2) is 0 Å². The maximum absolute atomic E-state index is 12.2. The molecule has 0 saturated carbocycles. The molecular weight excluding hydrogens is 214 g/mol. The second-order valence-electron chi connectivity index (χ2n) is 5.58. The molecule has 4 nitrogen and oxygen atoms in total. The molecule has 2 N–H and O–H groups in total. The molecule has 1 amide bonds. The second-order valence-corrected chi connectivity index (χ2v) is 5.58. The first kappa shape index (κ1) is 14.5. The topological polar surface area (TPSA) is 49.6 Å². The lowest BCUT2D eigenvalue weighted by Crippen LogP contribution is -2.37. The van der Waals surface area contributed by atoms with Crippen LogP contribution in [0.1, 0.15) is 26.7 Å². The highest BCUT2D eigenvalue weighted by Crippen LogP contribution is 2.22. The molecule has 1 heterocycles. The number of likely N-dealkylation sites (N-methyl/N-ethyl adjacent to an activating group) is 1. The molecule has 0 radical (unpaired) electrons. The molecule has 0 aromatic rings. The summed E-state index contributed by atoms with van der Waals surface area (Å²) in [6.07, 6.45) is 1.85. The Morgan fingerprint density at radius 3 is 2.59 bits per heavy atom. The monoisotopic (exact) mass is 241 g/mol. The molecule has 3 atom stereocenters. The van der Waals surface area contributed by atoms with Gasteiger partial charge in [-0.2, -0.15) is 0 Å². The molecule has 0 bridgehead atoms. The van der Waals surface area contributed by atoms with Gasteiger partial charge in [0, 0.05) is 25.0 Å². The van der Waals surface area contributed by atoms with Crippen LogP contribution < -0.4 is 5.73 Å². The number of likely N-dealkylation sites (tertiary alicyclic amines) is 1. The molecular formula is C13H27N3O. The van der Waals surface area contributed by atoms with E-state index in [-0.39, 0.29) is 5.92 Å². The summed E-state index contributed by atoms with van der Waals surface area (Å²) >= 11 is 0. The Balaban J connectivity index is 2.49. The van der Waals surface area contributed by atoms with Crippen LogP contribution in [-0.4, -0.2) is 55.5 Å². The van der Waals surface area contributed by atoms with Crippen LogP contribution in [0.5, 0.6) is 0 Å². The van der Waals surface area contributed by atoms with E-state index in [1.165, 1.54) is 0 Å². The first-order valence-corrected chi connectivity index (χ1v) is 6.62. The summed E-state index contributed by atoms with van der Waals surface area (Å²) in [5, 5.41) is 0. The van der Waals surface area contributed by atoms with E-state index >= 15 is 0 Å². The summed E-state index contributed by atoms with van der Waals surface area (Å²) in [7, 11) is 4.18. The Bertz CT molecular complexity index is 255. The van der Waals surface area contributed by atoms with Crippen molar-refractivity contribution in [3.05, 3.63) is 0 Å². The second kappa shape index (κ2) is 6.36. The number of carbonyl (C=O) groups is 1. The number of hydrogen-bond donors (Lipinski definition) is 1. The minimum absolute atomic E-state index is 0.117. The molecule has 100 valence electrons. The van der Waals surface area contributed by atoms with Gasteiger partial charge in [-0.1, -0.05) is 13.8 Å². The highest BCUT2D eigenvalue weighted by atomic mass is 16.2. The highest BCUT2D eigenvalue weighted by Gasteiger charge is 2.34. The van der Waals surface area contributed by atoms with Crippen LogP contribution in [0.4, 0.5) is 0 Å². The summed E-state index contributed by atoms with van der Waals surface area (Å²) in [6.45, 7) is 6.69. The standard InChI is InChI=1S/C13H27N3O/c1-10(6-5-7-14)13(17)16-8-11(2)12(9-16)15(3)4/h10-12H,5-9,14H2,1-4H3. The van der Waals surface area contributed by atoms with Crippen molar-refractivity contribution < 1.29 is 4.79 Å². The van der Waals surface area contributed by atoms with Gasteiger partial charge >= 0.3 is 0 Å². The number of nitrogens with two attached hydrogens (primary N) is 1. The Kier molecular flexibility index (Phi) is 5.40. The molecule has 0 aromatic heterocycles. The molecule has 17 heavy (non-hydrogen) atoms. The predicted octanol–water partition coefficient (Wildman–Crippen LogP) is 0.770. The van der Waals surface area contributed by atoms with Crippen molar-refractivity contribution in [3.63, 3.8) is 0 Å². The molecule has 1 aliphatic rings. The lowest BCUT2D eigenvalue weighted by molar-refractivity contribution is -0.134. The van der Waals surface area contributed by atoms with E-state index in [9.17, 15) is 4.79 Å². The van der Waals surface area contributed by atoms with E-state index < -0.39 is 0 Å². The van der Waals surface area contributed by atoms with Crippen LogP contribution in [0.25, 0.3) is 0 Å². The fourth-order valence-electron chi connectivity index (χ4n) is 2.66. The summed E-state index contributed by atoms with van der Waals surface area (Å²) < 4.78 is 0. The third-order valence-electron chi connectivity index (χ3n) is 3.81. The van der Waals surface area contributed by atoms with Gasteiger partial charge in [-0.15, -0.1) is 0 Å². The molecule has 1 fully saturated rings. The molecule has 1 saturated heterocycles. The van der Waals surface area contributed by atoms with Gasteiger partial charge < -0.3 is 15.5 Å². The van der Waals surface area contributed by atoms with Crippen LogP contribution in [0, 0.1) is 11.8 Å². The quantitative estimate of drug-likeness (QED) is 0.773. The van der Waals surface area contributed by atoms with Gasteiger partial charge in [0.25, 0.3) is 0 Å². The van der Waals surface area contributed by atoms with Crippen molar-refractivity contribution in [2.75, 3.05) is 33.7 Å². The summed E-state index contributed by atoms with van der Waals surface area (Å²) in [5.41, 5.74) is 5.48. The van der Waals surface area contributed by atoms with Crippen molar-refractivity contribution in [1.82, 2.24) is 9.80 Å².